The Kier molecular flexibility index (Phi) is 5.55. The molecule has 1 aliphatic carbocycles. The van der Waals surface area contributed by atoms with Crippen molar-refractivity contribution >= 4 is 34.8 Å². The predicted molar refractivity (Wildman–Crippen MR) is 128 cm³/mol. The molecule has 1 amide bonds. The lowest BCUT2D eigenvalue weighted by Gasteiger charge is -2.43. The van der Waals surface area contributed by atoms with Gasteiger partial charge in [-0.2, -0.15) is 0 Å². The zero-order valence-electron chi connectivity index (χ0n) is 18.7. The largest absolute Gasteiger partial charge is 0.324 e. The molecule has 2 aromatic rings. The van der Waals surface area contributed by atoms with Gasteiger partial charge < -0.3 is 5.32 Å². The molecule has 2 aromatic carbocycles. The maximum Gasteiger partial charge on any atom is 0.250 e. The van der Waals surface area contributed by atoms with Gasteiger partial charge >= 0.3 is 0 Å². The zero-order chi connectivity index (χ0) is 22.8. The first kappa shape index (κ1) is 22.2. The number of likely N-dealkylation sites (tertiary alicyclic amines) is 1. The molecule has 0 bridgehead atoms. The molecule has 2 fully saturated rings. The molecule has 32 heavy (non-hydrogen) atoms. The van der Waals surface area contributed by atoms with Crippen molar-refractivity contribution in [3.63, 3.8) is 0 Å². The molecule has 2 aliphatic heterocycles. The summed E-state index contributed by atoms with van der Waals surface area (Å²) in [6.45, 7) is 6.76. The minimum atomic E-state index is -0.972. The number of nitrogens with one attached hydrogen (secondary N) is 1. The highest BCUT2D eigenvalue weighted by Crippen LogP contribution is 2.60. The number of rotatable bonds is 3. The van der Waals surface area contributed by atoms with Crippen molar-refractivity contribution in [3.05, 3.63) is 63.4 Å². The van der Waals surface area contributed by atoms with Crippen molar-refractivity contribution in [1.29, 1.82) is 0 Å². The minimum Gasteiger partial charge on any atom is -0.324 e. The van der Waals surface area contributed by atoms with E-state index in [2.05, 4.69) is 31.0 Å². The summed E-state index contributed by atoms with van der Waals surface area (Å²) in [6, 6.07) is 11.2. The van der Waals surface area contributed by atoms with Gasteiger partial charge in [-0.1, -0.05) is 62.2 Å². The number of amides is 1. The second-order valence-electron chi connectivity index (χ2n) is 9.89. The fourth-order valence-electron chi connectivity index (χ4n) is 6.66. The molecular formula is C26H29Cl2FN2O. The molecular weight excluding hydrogens is 446 g/mol. The molecule has 1 N–H and O–H groups in total. The van der Waals surface area contributed by atoms with E-state index in [1.807, 2.05) is 18.2 Å². The Balaban J connectivity index is 1.76. The van der Waals surface area contributed by atoms with Crippen molar-refractivity contribution in [2.75, 3.05) is 5.32 Å². The number of nitrogens with zero attached hydrogens (tertiary/aromatic N) is 1. The number of halogens is 3. The van der Waals surface area contributed by atoms with Crippen LogP contribution in [0.2, 0.25) is 10.0 Å². The van der Waals surface area contributed by atoms with Gasteiger partial charge in [-0.05, 0) is 61.3 Å². The van der Waals surface area contributed by atoms with Crippen LogP contribution >= 0.6 is 23.2 Å². The SMILES string of the molecule is CC[C@H]1CC(c2cccc(Cl)c2F)[C@]2(C(=O)Nc3cc(Cl)ccc32)N1C1CC(C)C(C)C1. The summed E-state index contributed by atoms with van der Waals surface area (Å²) < 4.78 is 15.4. The third-order valence-corrected chi connectivity index (χ3v) is 8.81. The van der Waals surface area contributed by atoms with Gasteiger partial charge in [0.05, 0.1) is 5.02 Å². The van der Waals surface area contributed by atoms with Gasteiger partial charge in [0.1, 0.15) is 11.4 Å². The van der Waals surface area contributed by atoms with Crippen LogP contribution in [0.3, 0.4) is 0 Å². The lowest BCUT2D eigenvalue weighted by Crippen LogP contribution is -2.55. The van der Waals surface area contributed by atoms with E-state index in [9.17, 15) is 4.79 Å². The molecule has 3 aliphatic rings. The topological polar surface area (TPSA) is 32.3 Å². The van der Waals surface area contributed by atoms with Crippen LogP contribution in [-0.4, -0.2) is 22.9 Å². The predicted octanol–water partition coefficient (Wildman–Crippen LogP) is 6.98. The maximum absolute atomic E-state index is 15.4. The molecule has 0 radical (unpaired) electrons. The summed E-state index contributed by atoms with van der Waals surface area (Å²) in [7, 11) is 0. The Morgan fingerprint density at radius 1 is 1.12 bits per heavy atom. The number of fused-ring (bicyclic) bond motifs is 2. The Morgan fingerprint density at radius 2 is 1.84 bits per heavy atom. The molecule has 2 heterocycles. The summed E-state index contributed by atoms with van der Waals surface area (Å²) >= 11 is 12.5. The zero-order valence-corrected chi connectivity index (χ0v) is 20.2. The van der Waals surface area contributed by atoms with Crippen LogP contribution < -0.4 is 5.32 Å². The van der Waals surface area contributed by atoms with Crippen LogP contribution in [0.25, 0.3) is 0 Å². The summed E-state index contributed by atoms with van der Waals surface area (Å²) in [5, 5.41) is 3.78. The molecule has 6 heteroatoms. The smallest absolute Gasteiger partial charge is 0.250 e. The summed E-state index contributed by atoms with van der Waals surface area (Å²) in [6.07, 6.45) is 3.69. The highest BCUT2D eigenvalue weighted by molar-refractivity contribution is 6.31. The van der Waals surface area contributed by atoms with E-state index in [-0.39, 0.29) is 28.9 Å². The van der Waals surface area contributed by atoms with Crippen molar-refractivity contribution in [1.82, 2.24) is 4.90 Å². The number of carbonyl (C=O) groups excluding carboxylic acids is 1. The van der Waals surface area contributed by atoms with Crippen LogP contribution in [0.1, 0.15) is 63.5 Å². The number of carbonyl (C=O) groups is 1. The van der Waals surface area contributed by atoms with E-state index in [1.165, 1.54) is 0 Å². The van der Waals surface area contributed by atoms with E-state index in [0.29, 0.717) is 28.8 Å². The number of hydrogen-bond acceptors (Lipinski definition) is 2. The van der Waals surface area contributed by atoms with Crippen molar-refractivity contribution < 1.29 is 9.18 Å². The lowest BCUT2D eigenvalue weighted by molar-refractivity contribution is -0.129. The summed E-state index contributed by atoms with van der Waals surface area (Å²) in [5.41, 5.74) is 1.19. The van der Waals surface area contributed by atoms with Crippen LogP contribution in [0.5, 0.6) is 0 Å². The minimum absolute atomic E-state index is 0.0812. The van der Waals surface area contributed by atoms with Crippen LogP contribution in [-0.2, 0) is 10.3 Å². The average Bonchev–Trinajstić information content (AvgIpc) is 3.36. The van der Waals surface area contributed by atoms with Gasteiger partial charge in [-0.3, -0.25) is 9.69 Å². The van der Waals surface area contributed by atoms with E-state index in [0.717, 1.165) is 30.5 Å². The van der Waals surface area contributed by atoms with Crippen molar-refractivity contribution in [2.45, 2.75) is 70.0 Å². The Morgan fingerprint density at radius 3 is 2.53 bits per heavy atom. The monoisotopic (exact) mass is 474 g/mol. The highest BCUT2D eigenvalue weighted by atomic mass is 35.5. The molecule has 1 saturated heterocycles. The van der Waals surface area contributed by atoms with Gasteiger partial charge in [0, 0.05) is 34.3 Å². The molecule has 5 atom stereocenters. The Hall–Kier alpha value is -1.62. The van der Waals surface area contributed by atoms with E-state index in [1.54, 1.807) is 18.2 Å². The fraction of sp³-hybridized carbons (Fsp3) is 0.500. The highest BCUT2D eigenvalue weighted by Gasteiger charge is 2.64. The van der Waals surface area contributed by atoms with Gasteiger partial charge in [-0.15, -0.1) is 0 Å². The first-order valence-corrected chi connectivity index (χ1v) is 12.4. The summed E-state index contributed by atoms with van der Waals surface area (Å²) in [5.74, 6) is 0.344. The van der Waals surface area contributed by atoms with E-state index < -0.39 is 11.4 Å². The van der Waals surface area contributed by atoms with Gasteiger partial charge in [0.25, 0.3) is 0 Å². The molecule has 1 saturated carbocycles. The second kappa shape index (κ2) is 8.00. The van der Waals surface area contributed by atoms with Gasteiger partial charge in [-0.25, -0.2) is 4.39 Å². The van der Waals surface area contributed by atoms with Gasteiger partial charge in [0.15, 0.2) is 0 Å². The Labute approximate surface area is 199 Å². The standard InChI is InChI=1S/C26H29Cl2FN2O/c1-4-17-13-21(19-6-5-7-22(28)24(19)29)26(31(17)18-10-14(2)15(3)11-18)20-9-8-16(27)12-23(20)30-25(26)32/h5-9,12,14-15,17-18,21H,4,10-11,13H2,1-3H3,(H,30,32)/t14?,15?,17-,18?,21?,26+/m0/s1. The molecule has 0 aromatic heterocycles. The molecule has 3 nitrogen and oxygen atoms in total. The molecule has 3 unspecified atom stereocenters. The fourth-order valence-corrected chi connectivity index (χ4v) is 7.01. The van der Waals surface area contributed by atoms with Crippen molar-refractivity contribution in [2.24, 2.45) is 11.8 Å². The molecule has 1 spiro atoms. The lowest BCUT2D eigenvalue weighted by atomic mass is 9.75. The molecule has 5 rings (SSSR count). The van der Waals surface area contributed by atoms with Gasteiger partial charge in [0.2, 0.25) is 5.91 Å². The normalized spacial score (nSPS) is 34.3. The Bertz CT molecular complexity index is 1070. The number of hydrogen-bond donors (Lipinski definition) is 1. The van der Waals surface area contributed by atoms with E-state index in [4.69, 9.17) is 23.2 Å². The first-order chi connectivity index (χ1) is 15.3. The van der Waals surface area contributed by atoms with Crippen molar-refractivity contribution in [3.8, 4) is 0 Å². The van der Waals surface area contributed by atoms with Crippen LogP contribution in [0.15, 0.2) is 36.4 Å². The third kappa shape index (κ3) is 3.06. The molecule has 170 valence electrons. The number of anilines is 1. The third-order valence-electron chi connectivity index (χ3n) is 8.28. The maximum atomic E-state index is 15.4. The number of benzene rings is 2. The van der Waals surface area contributed by atoms with E-state index >= 15 is 4.39 Å². The van der Waals surface area contributed by atoms with Crippen LogP contribution in [0, 0.1) is 17.7 Å². The first-order valence-electron chi connectivity index (χ1n) is 11.6. The second-order valence-corrected chi connectivity index (χ2v) is 10.7. The summed E-state index contributed by atoms with van der Waals surface area (Å²) in [4.78, 5) is 16.4. The quantitative estimate of drug-likeness (QED) is 0.519. The van der Waals surface area contributed by atoms with Crippen LogP contribution in [0.4, 0.5) is 10.1 Å². The average molecular weight is 475 g/mol.